The maximum absolute atomic E-state index is 5.93. The lowest BCUT2D eigenvalue weighted by Crippen LogP contribution is -2.92. The Morgan fingerprint density at radius 3 is 1.81 bits per heavy atom. The first-order valence-corrected chi connectivity index (χ1v) is 15.9. The Kier molecular flexibility index (Phi) is 7.30. The molecule has 0 amide bonds. The fraction of sp³-hybridized carbons (Fsp3) is 1.00. The molecule has 9 nitrogen and oxygen atoms in total. The summed E-state index contributed by atoms with van der Waals surface area (Å²) >= 11 is 2.37. The Labute approximate surface area is 222 Å². The second-order valence-corrected chi connectivity index (χ2v) is 13.2. The van der Waals surface area contributed by atoms with Gasteiger partial charge in [-0.05, 0) is 32.1 Å². The number of piperazine rings is 1. The molecule has 3 atom stereocenters. The highest BCUT2D eigenvalue weighted by Gasteiger charge is 2.72. The average molecular weight is 521 g/mol. The summed E-state index contributed by atoms with van der Waals surface area (Å²) in [6.07, 6.45) is 8.09. The van der Waals surface area contributed by atoms with Gasteiger partial charge in [0.05, 0.1) is 18.6 Å². The van der Waals surface area contributed by atoms with Crippen LogP contribution in [-0.4, -0.2) is 162 Å². The van der Waals surface area contributed by atoms with Gasteiger partial charge in [0.2, 0.25) is 0 Å². The molecule has 204 valence electrons. The number of thioether (sulfide) groups is 1. The van der Waals surface area contributed by atoms with Gasteiger partial charge in [-0.2, -0.15) is 0 Å². The lowest BCUT2D eigenvalue weighted by molar-refractivity contribution is -0.329. The predicted octanol–water partition coefficient (Wildman–Crippen LogP) is 0.424. The summed E-state index contributed by atoms with van der Waals surface area (Å²) in [6, 6.07) is 0. The average Bonchev–Trinajstić information content (AvgIpc) is 3.61. The standard InChI is InChI=1S/C26H48N8OS/c1-2-9-29(10-3-1)25(30-15-7-27-8-16-30)26(32-13-6-14-32,31-11-4-5-12-31)36-24(28-17-18-28)23-34(25)33-19-21-35-22-20-33/h24,27H,1-23H2. The van der Waals surface area contributed by atoms with Crippen molar-refractivity contribution in [2.24, 2.45) is 0 Å². The molecule has 36 heavy (non-hydrogen) atoms. The Bertz CT molecular complexity index is 726. The van der Waals surface area contributed by atoms with Crippen molar-refractivity contribution in [3.8, 4) is 0 Å². The molecule has 0 aromatic rings. The van der Waals surface area contributed by atoms with Gasteiger partial charge >= 0.3 is 0 Å². The molecule has 10 heteroatoms. The van der Waals surface area contributed by atoms with Crippen LogP contribution >= 0.6 is 11.8 Å². The fourth-order valence-corrected chi connectivity index (χ4v) is 10.1. The van der Waals surface area contributed by atoms with E-state index in [0.29, 0.717) is 5.37 Å². The van der Waals surface area contributed by atoms with Gasteiger partial charge in [-0.25, -0.2) is 10.0 Å². The first-order valence-electron chi connectivity index (χ1n) is 15.1. The van der Waals surface area contributed by atoms with Crippen LogP contribution < -0.4 is 5.32 Å². The zero-order chi connectivity index (χ0) is 24.0. The van der Waals surface area contributed by atoms with Crippen LogP contribution in [-0.2, 0) is 4.74 Å². The van der Waals surface area contributed by atoms with Crippen molar-refractivity contribution < 1.29 is 4.74 Å². The Morgan fingerprint density at radius 1 is 0.611 bits per heavy atom. The summed E-state index contributed by atoms with van der Waals surface area (Å²) in [5.74, 6) is -0.144. The van der Waals surface area contributed by atoms with Crippen molar-refractivity contribution in [2.45, 2.75) is 54.7 Å². The minimum Gasteiger partial charge on any atom is -0.379 e. The van der Waals surface area contributed by atoms with Gasteiger partial charge in [-0.1, -0.05) is 18.2 Å². The molecule has 3 unspecified atom stereocenters. The zero-order valence-electron chi connectivity index (χ0n) is 22.3. The molecule has 0 aromatic carbocycles. The number of rotatable bonds is 6. The minimum absolute atomic E-state index is 0.0414. The summed E-state index contributed by atoms with van der Waals surface area (Å²) in [7, 11) is 0. The molecule has 7 heterocycles. The van der Waals surface area contributed by atoms with Crippen LogP contribution in [0.25, 0.3) is 0 Å². The smallest absolute Gasteiger partial charge is 0.187 e. The van der Waals surface area contributed by atoms with E-state index in [2.05, 4.69) is 51.6 Å². The fourth-order valence-electron chi connectivity index (χ4n) is 7.93. The molecular formula is C26H48N8OS. The number of nitrogens with one attached hydrogen (secondary N) is 1. The van der Waals surface area contributed by atoms with Gasteiger partial charge in [-0.3, -0.25) is 24.5 Å². The highest BCUT2D eigenvalue weighted by atomic mass is 32.2. The van der Waals surface area contributed by atoms with E-state index in [0.717, 1.165) is 59.0 Å². The van der Waals surface area contributed by atoms with E-state index in [1.54, 1.807) is 0 Å². The summed E-state index contributed by atoms with van der Waals surface area (Å²) in [4.78, 5) is 14.6. The largest absolute Gasteiger partial charge is 0.379 e. The third-order valence-corrected chi connectivity index (χ3v) is 11.7. The van der Waals surface area contributed by atoms with Gasteiger partial charge in [0.25, 0.3) is 0 Å². The summed E-state index contributed by atoms with van der Waals surface area (Å²) in [5.41, 5.74) is 0. The quantitative estimate of drug-likeness (QED) is 0.499. The molecule has 0 aliphatic carbocycles. The number of ether oxygens (including phenoxy) is 1. The van der Waals surface area contributed by atoms with Crippen molar-refractivity contribution in [3.05, 3.63) is 0 Å². The van der Waals surface area contributed by atoms with Crippen LogP contribution in [0.5, 0.6) is 0 Å². The molecular weight excluding hydrogens is 472 g/mol. The normalized spacial score (nSPS) is 41.5. The third-order valence-electron chi connectivity index (χ3n) is 9.82. The summed E-state index contributed by atoms with van der Waals surface area (Å²) < 4.78 is 5.93. The first-order chi connectivity index (χ1) is 17.8. The summed E-state index contributed by atoms with van der Waals surface area (Å²) in [5, 5.41) is 9.98. The number of likely N-dealkylation sites (tertiary alicyclic amines) is 3. The second kappa shape index (κ2) is 10.5. The van der Waals surface area contributed by atoms with Crippen LogP contribution in [0, 0.1) is 0 Å². The molecule has 0 radical (unpaired) electrons. The molecule has 7 aliphatic heterocycles. The van der Waals surface area contributed by atoms with Crippen LogP contribution in [0.4, 0.5) is 0 Å². The maximum atomic E-state index is 5.93. The Morgan fingerprint density at radius 2 is 1.19 bits per heavy atom. The van der Waals surface area contributed by atoms with E-state index in [1.165, 1.54) is 90.9 Å². The SMILES string of the molecule is C1CCN(C2(N3CCNCC3)N(N3CCOCC3)CC(N3CC3)SC2(N2CCCC2)N2CCC2)CC1. The van der Waals surface area contributed by atoms with Crippen molar-refractivity contribution >= 4 is 11.8 Å². The van der Waals surface area contributed by atoms with E-state index >= 15 is 0 Å². The van der Waals surface area contributed by atoms with E-state index in [4.69, 9.17) is 4.74 Å². The number of piperidine rings is 1. The van der Waals surface area contributed by atoms with Gasteiger partial charge in [0.1, 0.15) is 0 Å². The number of hydrogen-bond acceptors (Lipinski definition) is 10. The van der Waals surface area contributed by atoms with Crippen LogP contribution in [0.1, 0.15) is 38.5 Å². The molecule has 0 saturated carbocycles. The van der Waals surface area contributed by atoms with Crippen molar-refractivity contribution in [2.75, 3.05) is 111 Å². The molecule has 7 saturated heterocycles. The number of morpholine rings is 1. The van der Waals surface area contributed by atoms with Crippen molar-refractivity contribution in [1.29, 1.82) is 0 Å². The van der Waals surface area contributed by atoms with E-state index in [-0.39, 0.29) is 10.8 Å². The van der Waals surface area contributed by atoms with Crippen LogP contribution in [0.3, 0.4) is 0 Å². The van der Waals surface area contributed by atoms with Gasteiger partial charge in [0, 0.05) is 98.2 Å². The van der Waals surface area contributed by atoms with Crippen LogP contribution in [0.15, 0.2) is 0 Å². The highest BCUT2D eigenvalue weighted by molar-refractivity contribution is 8.01. The first kappa shape index (κ1) is 25.0. The second-order valence-electron chi connectivity index (χ2n) is 11.8. The molecule has 7 aliphatic rings. The highest BCUT2D eigenvalue weighted by Crippen LogP contribution is 2.58. The molecule has 0 spiro atoms. The minimum atomic E-state index is -0.144. The topological polar surface area (TPSA) is 43.7 Å². The third kappa shape index (κ3) is 4.01. The molecule has 1 N–H and O–H groups in total. The predicted molar refractivity (Wildman–Crippen MR) is 144 cm³/mol. The number of hydrazine groups is 1. The van der Waals surface area contributed by atoms with E-state index < -0.39 is 0 Å². The van der Waals surface area contributed by atoms with Crippen molar-refractivity contribution in [1.82, 2.24) is 39.8 Å². The Hall–Kier alpha value is -0.0100. The maximum Gasteiger partial charge on any atom is 0.187 e. The Balaban J connectivity index is 1.43. The van der Waals surface area contributed by atoms with Crippen LogP contribution in [0.2, 0.25) is 0 Å². The lowest BCUT2D eigenvalue weighted by Gasteiger charge is -2.74. The van der Waals surface area contributed by atoms with E-state index in [1.807, 2.05) is 0 Å². The summed E-state index contributed by atoms with van der Waals surface area (Å²) in [6.45, 7) is 19.3. The molecule has 7 rings (SSSR count). The zero-order valence-corrected chi connectivity index (χ0v) is 23.1. The monoisotopic (exact) mass is 520 g/mol. The molecule has 0 aromatic heterocycles. The van der Waals surface area contributed by atoms with Crippen molar-refractivity contribution in [3.63, 3.8) is 0 Å². The van der Waals surface area contributed by atoms with E-state index in [9.17, 15) is 0 Å². The van der Waals surface area contributed by atoms with Gasteiger partial charge in [-0.15, -0.1) is 0 Å². The van der Waals surface area contributed by atoms with Gasteiger partial charge < -0.3 is 10.1 Å². The lowest BCUT2D eigenvalue weighted by atomic mass is 9.97. The molecule has 7 fully saturated rings. The number of hydrogen-bond donors (Lipinski definition) is 1. The van der Waals surface area contributed by atoms with Gasteiger partial charge in [0.15, 0.2) is 10.8 Å². The number of nitrogens with zero attached hydrogens (tertiary/aromatic N) is 7. The molecule has 0 bridgehead atoms.